The van der Waals surface area contributed by atoms with Gasteiger partial charge in [0.1, 0.15) is 11.6 Å². The molecule has 1 aromatic heterocycles. The predicted molar refractivity (Wildman–Crippen MR) is 102 cm³/mol. The Hall–Kier alpha value is -2.81. The average molecular weight is 330 g/mol. The molecule has 0 saturated heterocycles. The third-order valence-corrected chi connectivity index (χ3v) is 4.80. The highest BCUT2D eigenvalue weighted by Crippen LogP contribution is 2.35. The molecule has 1 N–H and O–H groups in total. The van der Waals surface area contributed by atoms with Crippen LogP contribution in [0.3, 0.4) is 0 Å². The molecule has 1 atom stereocenters. The van der Waals surface area contributed by atoms with Gasteiger partial charge in [0.15, 0.2) is 0 Å². The summed E-state index contributed by atoms with van der Waals surface area (Å²) in [5, 5.41) is 0. The van der Waals surface area contributed by atoms with Crippen LogP contribution in [0.25, 0.3) is 22.5 Å². The Balaban J connectivity index is 1.79. The maximum Gasteiger partial charge on any atom is 0.118 e. The Labute approximate surface area is 148 Å². The topological polar surface area (TPSA) is 37.9 Å². The third-order valence-electron chi connectivity index (χ3n) is 4.80. The zero-order chi connectivity index (χ0) is 17.1. The van der Waals surface area contributed by atoms with Gasteiger partial charge in [-0.3, -0.25) is 0 Å². The van der Waals surface area contributed by atoms with Gasteiger partial charge in [-0.25, -0.2) is 4.98 Å². The van der Waals surface area contributed by atoms with E-state index >= 15 is 0 Å². The average Bonchev–Trinajstić information content (AvgIpc) is 3.15. The third kappa shape index (κ3) is 3.22. The van der Waals surface area contributed by atoms with E-state index in [9.17, 15) is 0 Å². The first kappa shape index (κ1) is 15.7. The van der Waals surface area contributed by atoms with Crippen LogP contribution in [0.2, 0.25) is 0 Å². The van der Waals surface area contributed by atoms with Gasteiger partial charge >= 0.3 is 0 Å². The number of aromatic amines is 1. The first-order chi connectivity index (χ1) is 12.3. The molecule has 0 bridgehead atoms. The van der Waals surface area contributed by atoms with Crippen LogP contribution in [0.5, 0.6) is 5.75 Å². The highest BCUT2D eigenvalue weighted by atomic mass is 16.5. The van der Waals surface area contributed by atoms with Crippen LogP contribution < -0.4 is 4.74 Å². The number of ether oxygens (including phenoxy) is 1. The first-order valence-corrected chi connectivity index (χ1v) is 8.80. The summed E-state index contributed by atoms with van der Waals surface area (Å²) in [6, 6.07) is 18.6. The number of nitrogens with one attached hydrogen (secondary N) is 1. The Bertz CT molecular complexity index is 863. The molecule has 0 aliphatic heterocycles. The fourth-order valence-electron chi connectivity index (χ4n) is 3.40. The van der Waals surface area contributed by atoms with Crippen molar-refractivity contribution in [1.29, 1.82) is 0 Å². The SMILES string of the molecule is COc1ccc(-c2[nH]c(C3CC=CCC3)nc2-c2ccccc2)cc1. The Kier molecular flexibility index (Phi) is 4.38. The second-order valence-electron chi connectivity index (χ2n) is 6.42. The number of imidazole rings is 1. The standard InChI is InChI=1S/C22H22N2O/c1-25-19-14-12-17(13-15-19)21-20(16-8-4-2-5-9-16)23-22(24-21)18-10-6-3-7-11-18/h2-6,8-9,12-15,18H,7,10-11H2,1H3,(H,23,24). The van der Waals surface area contributed by atoms with Gasteiger partial charge in [0.2, 0.25) is 0 Å². The highest BCUT2D eigenvalue weighted by molar-refractivity contribution is 5.78. The molecule has 4 rings (SSSR count). The maximum absolute atomic E-state index is 5.29. The molecule has 1 aliphatic carbocycles. The van der Waals surface area contributed by atoms with Gasteiger partial charge in [0, 0.05) is 17.0 Å². The van der Waals surface area contributed by atoms with E-state index in [1.807, 2.05) is 18.2 Å². The van der Waals surface area contributed by atoms with Crippen LogP contribution >= 0.6 is 0 Å². The van der Waals surface area contributed by atoms with Crippen molar-refractivity contribution in [3.8, 4) is 28.3 Å². The fraction of sp³-hybridized carbons (Fsp3) is 0.227. The van der Waals surface area contributed by atoms with Crippen LogP contribution in [0.1, 0.15) is 31.0 Å². The number of hydrogen-bond donors (Lipinski definition) is 1. The second-order valence-corrected chi connectivity index (χ2v) is 6.42. The summed E-state index contributed by atoms with van der Waals surface area (Å²) in [6.45, 7) is 0. The van der Waals surface area contributed by atoms with Gasteiger partial charge in [-0.2, -0.15) is 0 Å². The van der Waals surface area contributed by atoms with Crippen molar-refractivity contribution in [1.82, 2.24) is 9.97 Å². The van der Waals surface area contributed by atoms with Crippen molar-refractivity contribution in [2.24, 2.45) is 0 Å². The van der Waals surface area contributed by atoms with E-state index < -0.39 is 0 Å². The molecule has 3 aromatic rings. The summed E-state index contributed by atoms with van der Waals surface area (Å²) in [4.78, 5) is 8.62. The number of methoxy groups -OCH3 is 1. The number of nitrogens with zero attached hydrogens (tertiary/aromatic N) is 1. The summed E-state index contributed by atoms with van der Waals surface area (Å²) < 4.78 is 5.29. The van der Waals surface area contributed by atoms with Crippen molar-refractivity contribution in [2.45, 2.75) is 25.2 Å². The number of aromatic nitrogens is 2. The quantitative estimate of drug-likeness (QED) is 0.634. The number of rotatable bonds is 4. The molecule has 2 aromatic carbocycles. The van der Waals surface area contributed by atoms with Gasteiger partial charge in [-0.15, -0.1) is 0 Å². The van der Waals surface area contributed by atoms with Crippen LogP contribution in [0, 0.1) is 0 Å². The molecule has 0 fully saturated rings. The van der Waals surface area contributed by atoms with Crippen molar-refractivity contribution in [2.75, 3.05) is 7.11 Å². The van der Waals surface area contributed by atoms with E-state index in [4.69, 9.17) is 9.72 Å². The van der Waals surface area contributed by atoms with Crippen molar-refractivity contribution in [3.05, 3.63) is 72.6 Å². The van der Waals surface area contributed by atoms with E-state index in [0.717, 1.165) is 53.4 Å². The number of H-pyrrole nitrogens is 1. The highest BCUT2D eigenvalue weighted by Gasteiger charge is 2.20. The lowest BCUT2D eigenvalue weighted by atomic mass is 9.94. The molecule has 0 amide bonds. The van der Waals surface area contributed by atoms with Crippen LogP contribution in [0.15, 0.2) is 66.7 Å². The van der Waals surface area contributed by atoms with Crippen molar-refractivity contribution in [3.63, 3.8) is 0 Å². The minimum Gasteiger partial charge on any atom is -0.497 e. The van der Waals surface area contributed by atoms with E-state index in [-0.39, 0.29) is 0 Å². The molecular formula is C22H22N2O. The van der Waals surface area contributed by atoms with E-state index in [1.165, 1.54) is 0 Å². The summed E-state index contributed by atoms with van der Waals surface area (Å²) >= 11 is 0. The van der Waals surface area contributed by atoms with Crippen LogP contribution in [0.4, 0.5) is 0 Å². The number of benzene rings is 2. The monoisotopic (exact) mass is 330 g/mol. The number of allylic oxidation sites excluding steroid dienone is 2. The predicted octanol–water partition coefficient (Wildman–Crippen LogP) is 5.58. The zero-order valence-corrected chi connectivity index (χ0v) is 14.4. The molecule has 0 spiro atoms. The molecule has 3 nitrogen and oxygen atoms in total. The Morgan fingerprint density at radius 3 is 2.44 bits per heavy atom. The lowest BCUT2D eigenvalue weighted by Gasteiger charge is -2.14. The number of hydrogen-bond acceptors (Lipinski definition) is 2. The fourth-order valence-corrected chi connectivity index (χ4v) is 3.40. The summed E-state index contributed by atoms with van der Waals surface area (Å²) in [5.74, 6) is 2.43. The van der Waals surface area contributed by atoms with Gasteiger partial charge in [0.25, 0.3) is 0 Å². The largest absolute Gasteiger partial charge is 0.497 e. The molecule has 25 heavy (non-hydrogen) atoms. The molecule has 126 valence electrons. The zero-order valence-electron chi connectivity index (χ0n) is 14.4. The second kappa shape index (κ2) is 6.98. The minimum atomic E-state index is 0.472. The van der Waals surface area contributed by atoms with Crippen LogP contribution in [-0.4, -0.2) is 17.1 Å². The lowest BCUT2D eigenvalue weighted by Crippen LogP contribution is -2.02. The van der Waals surface area contributed by atoms with Crippen molar-refractivity contribution >= 4 is 0 Å². The van der Waals surface area contributed by atoms with Gasteiger partial charge in [-0.05, 0) is 43.5 Å². The summed E-state index contributed by atoms with van der Waals surface area (Å²) in [7, 11) is 1.69. The molecule has 1 unspecified atom stereocenters. The van der Waals surface area contributed by atoms with Gasteiger partial charge in [-0.1, -0.05) is 42.5 Å². The molecule has 1 heterocycles. The first-order valence-electron chi connectivity index (χ1n) is 8.80. The van der Waals surface area contributed by atoms with E-state index in [1.54, 1.807) is 7.11 Å². The van der Waals surface area contributed by atoms with Crippen LogP contribution in [-0.2, 0) is 0 Å². The smallest absolute Gasteiger partial charge is 0.118 e. The molecule has 0 saturated carbocycles. The van der Waals surface area contributed by atoms with Gasteiger partial charge in [0.05, 0.1) is 18.5 Å². The summed E-state index contributed by atoms with van der Waals surface area (Å²) in [5.41, 5.74) is 4.38. The molecule has 1 aliphatic rings. The lowest BCUT2D eigenvalue weighted by molar-refractivity contribution is 0.415. The van der Waals surface area contributed by atoms with Crippen molar-refractivity contribution < 1.29 is 4.74 Å². The maximum atomic E-state index is 5.29. The summed E-state index contributed by atoms with van der Waals surface area (Å²) in [6.07, 6.45) is 7.88. The molecule has 0 radical (unpaired) electrons. The van der Waals surface area contributed by atoms with E-state index in [0.29, 0.717) is 5.92 Å². The van der Waals surface area contributed by atoms with Gasteiger partial charge < -0.3 is 9.72 Å². The minimum absolute atomic E-state index is 0.472. The Morgan fingerprint density at radius 2 is 1.76 bits per heavy atom. The normalized spacial score (nSPS) is 16.8. The Morgan fingerprint density at radius 1 is 0.960 bits per heavy atom. The molecular weight excluding hydrogens is 308 g/mol. The van der Waals surface area contributed by atoms with E-state index in [2.05, 4.69) is 53.5 Å². The molecule has 3 heteroatoms.